The highest BCUT2D eigenvalue weighted by Crippen LogP contribution is 2.28. The fraction of sp³-hybridized carbons (Fsp3) is 0.737. The third-order valence-corrected chi connectivity index (χ3v) is 6.29. The van der Waals surface area contributed by atoms with Gasteiger partial charge in [-0.3, -0.25) is 4.79 Å². The SMILES string of the molecule is O=C1N(CCC2CCCCC2)CCC[C@]1(O)CNCc1ccsc1. The molecule has 1 atom stereocenters. The maximum atomic E-state index is 12.8. The highest BCUT2D eigenvalue weighted by atomic mass is 32.1. The van der Waals surface area contributed by atoms with Crippen molar-refractivity contribution in [2.45, 2.75) is 63.5 Å². The van der Waals surface area contributed by atoms with E-state index < -0.39 is 5.60 Å². The Labute approximate surface area is 149 Å². The molecule has 1 aromatic heterocycles. The van der Waals surface area contributed by atoms with E-state index in [1.54, 1.807) is 11.3 Å². The van der Waals surface area contributed by atoms with Crippen LogP contribution in [-0.4, -0.2) is 41.1 Å². The summed E-state index contributed by atoms with van der Waals surface area (Å²) in [6.07, 6.45) is 9.25. The first-order valence-electron chi connectivity index (χ1n) is 9.41. The molecule has 0 radical (unpaired) electrons. The number of aliphatic hydroxyl groups is 1. The Morgan fingerprint density at radius 3 is 2.88 bits per heavy atom. The molecule has 5 heteroatoms. The molecule has 0 bridgehead atoms. The number of nitrogens with one attached hydrogen (secondary N) is 1. The zero-order chi connectivity index (χ0) is 16.8. The van der Waals surface area contributed by atoms with Crippen LogP contribution in [0.2, 0.25) is 0 Å². The van der Waals surface area contributed by atoms with Crippen LogP contribution in [0.4, 0.5) is 0 Å². The van der Waals surface area contributed by atoms with Crippen LogP contribution in [0.25, 0.3) is 0 Å². The van der Waals surface area contributed by atoms with Crippen LogP contribution in [0.1, 0.15) is 56.9 Å². The van der Waals surface area contributed by atoms with Crippen molar-refractivity contribution in [2.24, 2.45) is 5.92 Å². The van der Waals surface area contributed by atoms with E-state index in [9.17, 15) is 9.90 Å². The minimum absolute atomic E-state index is 0.0672. The summed E-state index contributed by atoms with van der Waals surface area (Å²) in [4.78, 5) is 14.7. The second-order valence-electron chi connectivity index (χ2n) is 7.46. The van der Waals surface area contributed by atoms with Crippen molar-refractivity contribution in [1.82, 2.24) is 10.2 Å². The van der Waals surface area contributed by atoms with Crippen LogP contribution < -0.4 is 5.32 Å². The second-order valence-corrected chi connectivity index (χ2v) is 8.24. The smallest absolute Gasteiger partial charge is 0.255 e. The topological polar surface area (TPSA) is 52.6 Å². The van der Waals surface area contributed by atoms with Crippen molar-refractivity contribution in [2.75, 3.05) is 19.6 Å². The van der Waals surface area contributed by atoms with Gasteiger partial charge in [0.2, 0.25) is 0 Å². The molecule has 0 unspecified atom stereocenters. The van der Waals surface area contributed by atoms with Gasteiger partial charge in [-0.05, 0) is 47.6 Å². The van der Waals surface area contributed by atoms with E-state index in [2.05, 4.69) is 16.8 Å². The first-order chi connectivity index (χ1) is 11.7. The standard InChI is InChI=1S/C19H30N2O2S/c22-18-19(23,15-20-13-17-8-12-24-14-17)9-4-10-21(18)11-7-16-5-2-1-3-6-16/h8,12,14,16,20,23H,1-7,9-11,13,15H2/t19-/m0/s1. The maximum absolute atomic E-state index is 12.8. The Balaban J connectivity index is 1.47. The third-order valence-electron chi connectivity index (χ3n) is 5.56. The lowest BCUT2D eigenvalue weighted by molar-refractivity contribution is -0.156. The fourth-order valence-corrected chi connectivity index (χ4v) is 4.73. The van der Waals surface area contributed by atoms with Gasteiger partial charge in [0, 0.05) is 26.2 Å². The molecule has 2 heterocycles. The van der Waals surface area contributed by atoms with Gasteiger partial charge in [-0.1, -0.05) is 32.1 Å². The Kier molecular flexibility index (Phi) is 6.31. The van der Waals surface area contributed by atoms with Crippen molar-refractivity contribution in [3.8, 4) is 0 Å². The van der Waals surface area contributed by atoms with Gasteiger partial charge < -0.3 is 15.3 Å². The molecule has 1 aliphatic carbocycles. The molecule has 24 heavy (non-hydrogen) atoms. The van der Waals surface area contributed by atoms with Crippen molar-refractivity contribution in [1.29, 1.82) is 0 Å². The summed E-state index contributed by atoms with van der Waals surface area (Å²) < 4.78 is 0. The van der Waals surface area contributed by atoms with E-state index in [1.165, 1.54) is 37.7 Å². The number of rotatable bonds is 7. The van der Waals surface area contributed by atoms with E-state index in [4.69, 9.17) is 0 Å². The average molecular weight is 351 g/mol. The van der Waals surface area contributed by atoms with E-state index in [0.29, 0.717) is 19.5 Å². The van der Waals surface area contributed by atoms with Crippen LogP contribution in [0.5, 0.6) is 0 Å². The normalized spacial score (nSPS) is 26.0. The molecule has 1 aliphatic heterocycles. The summed E-state index contributed by atoms with van der Waals surface area (Å²) in [5.41, 5.74) is -0.0121. The van der Waals surface area contributed by atoms with Crippen molar-refractivity contribution < 1.29 is 9.90 Å². The van der Waals surface area contributed by atoms with Crippen LogP contribution in [0.15, 0.2) is 16.8 Å². The Bertz CT molecular complexity index is 513. The van der Waals surface area contributed by atoms with Crippen molar-refractivity contribution in [3.05, 3.63) is 22.4 Å². The van der Waals surface area contributed by atoms with Gasteiger partial charge >= 0.3 is 0 Å². The second kappa shape index (κ2) is 8.45. The summed E-state index contributed by atoms with van der Waals surface area (Å²) in [5.74, 6) is 0.709. The number of piperidine rings is 1. The van der Waals surface area contributed by atoms with Gasteiger partial charge in [0.1, 0.15) is 0 Å². The Morgan fingerprint density at radius 2 is 2.12 bits per heavy atom. The molecule has 1 aromatic rings. The van der Waals surface area contributed by atoms with Crippen LogP contribution >= 0.6 is 11.3 Å². The average Bonchev–Trinajstić information content (AvgIpc) is 3.11. The van der Waals surface area contributed by atoms with E-state index in [-0.39, 0.29) is 5.91 Å². The number of nitrogens with zero attached hydrogens (tertiary/aromatic N) is 1. The molecule has 3 rings (SSSR count). The number of hydrogen-bond donors (Lipinski definition) is 2. The molecule has 1 saturated heterocycles. The predicted octanol–water partition coefficient (Wildman–Crippen LogP) is 3.16. The highest BCUT2D eigenvalue weighted by molar-refractivity contribution is 7.07. The molecule has 134 valence electrons. The Hall–Kier alpha value is -0.910. The van der Waals surface area contributed by atoms with Crippen molar-refractivity contribution in [3.63, 3.8) is 0 Å². The number of likely N-dealkylation sites (tertiary alicyclic amines) is 1. The van der Waals surface area contributed by atoms with Crippen LogP contribution in [0.3, 0.4) is 0 Å². The molecular formula is C19H30N2O2S. The molecule has 2 aliphatic rings. The summed E-state index contributed by atoms with van der Waals surface area (Å²) >= 11 is 1.67. The van der Waals surface area contributed by atoms with E-state index in [0.717, 1.165) is 31.8 Å². The highest BCUT2D eigenvalue weighted by Gasteiger charge is 2.41. The molecule has 1 saturated carbocycles. The van der Waals surface area contributed by atoms with Gasteiger partial charge in [-0.25, -0.2) is 0 Å². The monoisotopic (exact) mass is 350 g/mol. The molecule has 2 N–H and O–H groups in total. The molecule has 1 amide bonds. The molecule has 2 fully saturated rings. The largest absolute Gasteiger partial charge is 0.379 e. The zero-order valence-corrected chi connectivity index (χ0v) is 15.3. The molecule has 0 aromatic carbocycles. The molecule has 4 nitrogen and oxygen atoms in total. The molecule has 0 spiro atoms. The first kappa shape index (κ1) is 17.9. The summed E-state index contributed by atoms with van der Waals surface area (Å²) in [6, 6.07) is 2.07. The van der Waals surface area contributed by atoms with Gasteiger partial charge in [0.05, 0.1) is 0 Å². The van der Waals surface area contributed by atoms with Gasteiger partial charge in [-0.15, -0.1) is 0 Å². The first-order valence-corrected chi connectivity index (χ1v) is 10.4. The van der Waals surface area contributed by atoms with Crippen molar-refractivity contribution >= 4 is 17.2 Å². The minimum Gasteiger partial charge on any atom is -0.379 e. The zero-order valence-electron chi connectivity index (χ0n) is 14.5. The Morgan fingerprint density at radius 1 is 1.29 bits per heavy atom. The maximum Gasteiger partial charge on any atom is 0.255 e. The number of thiophene rings is 1. The van der Waals surface area contributed by atoms with Gasteiger partial charge in [0.15, 0.2) is 5.60 Å². The lowest BCUT2D eigenvalue weighted by Crippen LogP contribution is -2.58. The predicted molar refractivity (Wildman–Crippen MR) is 98.0 cm³/mol. The van der Waals surface area contributed by atoms with Crippen LogP contribution in [0, 0.1) is 5.92 Å². The minimum atomic E-state index is -1.22. The molecular weight excluding hydrogens is 320 g/mol. The number of carbonyl (C=O) groups is 1. The quantitative estimate of drug-likeness (QED) is 0.794. The summed E-state index contributed by atoms with van der Waals surface area (Å²) in [6.45, 7) is 2.68. The lowest BCUT2D eigenvalue weighted by Gasteiger charge is -2.39. The number of amides is 1. The number of hydrogen-bond acceptors (Lipinski definition) is 4. The lowest BCUT2D eigenvalue weighted by atomic mass is 9.86. The van der Waals surface area contributed by atoms with E-state index in [1.807, 2.05) is 10.3 Å². The summed E-state index contributed by atoms with van der Waals surface area (Å²) in [7, 11) is 0. The fourth-order valence-electron chi connectivity index (χ4n) is 4.06. The summed E-state index contributed by atoms with van der Waals surface area (Å²) in [5, 5.41) is 18.2. The number of carbonyl (C=O) groups excluding carboxylic acids is 1. The van der Waals surface area contributed by atoms with E-state index >= 15 is 0 Å². The van der Waals surface area contributed by atoms with Gasteiger partial charge in [-0.2, -0.15) is 11.3 Å². The third kappa shape index (κ3) is 4.58. The van der Waals surface area contributed by atoms with Crippen LogP contribution in [-0.2, 0) is 11.3 Å². The van der Waals surface area contributed by atoms with Gasteiger partial charge in [0.25, 0.3) is 5.91 Å².